The number of hydrogen-bond acceptors (Lipinski definition) is 1. The maximum Gasteiger partial charge on any atom is 0.0540 e. The van der Waals surface area contributed by atoms with Crippen LogP contribution in [0.2, 0.25) is 0 Å². The van der Waals surface area contributed by atoms with Crippen molar-refractivity contribution in [3.05, 3.63) is 212 Å². The normalized spacial score (nSPS) is 10.9. The van der Waals surface area contributed by atoms with Gasteiger partial charge in [-0.15, -0.1) is 0 Å². The zero-order valence-electron chi connectivity index (χ0n) is 27.2. The smallest absolute Gasteiger partial charge is 0.0540 e. The summed E-state index contributed by atoms with van der Waals surface area (Å²) in [6, 6.07) is 76.0. The lowest BCUT2D eigenvalue weighted by Gasteiger charge is -2.30. The van der Waals surface area contributed by atoms with Crippen LogP contribution in [0, 0.1) is 0 Å². The van der Waals surface area contributed by atoms with Crippen molar-refractivity contribution in [1.82, 2.24) is 0 Å². The first-order chi connectivity index (χ1) is 24.3. The van der Waals surface area contributed by atoms with Gasteiger partial charge in [0.2, 0.25) is 0 Å². The molecule has 0 atom stereocenters. The van der Waals surface area contributed by atoms with E-state index < -0.39 is 0 Å². The first-order valence-corrected chi connectivity index (χ1v) is 16.8. The van der Waals surface area contributed by atoms with Crippen molar-refractivity contribution >= 4 is 17.1 Å². The molecule has 8 aromatic rings. The maximum atomic E-state index is 2.41. The number of anilines is 3. The van der Waals surface area contributed by atoms with E-state index in [0.29, 0.717) is 0 Å². The highest BCUT2D eigenvalue weighted by Gasteiger charge is 2.22. The molecule has 0 saturated carbocycles. The predicted octanol–water partition coefficient (Wildman–Crippen LogP) is 13.5. The van der Waals surface area contributed by atoms with Crippen molar-refractivity contribution in [1.29, 1.82) is 0 Å². The van der Waals surface area contributed by atoms with Gasteiger partial charge in [-0.25, -0.2) is 0 Å². The molecule has 0 spiro atoms. The average Bonchev–Trinajstić information content (AvgIpc) is 3.20. The number of hydrogen-bond donors (Lipinski definition) is 0. The molecule has 0 saturated heterocycles. The Hall–Kier alpha value is -6.44. The SMILES string of the molecule is c1ccc(-c2ccc(-c3ccccc3N(c3ccccc3)c3ccccc3-c3ccccc3-c3ccccc3-c3ccccc3)cc2)cc1. The summed E-state index contributed by atoms with van der Waals surface area (Å²) in [5.74, 6) is 0. The van der Waals surface area contributed by atoms with Crippen molar-refractivity contribution in [3.63, 3.8) is 0 Å². The fourth-order valence-electron chi connectivity index (χ4n) is 6.81. The molecule has 1 nitrogen and oxygen atoms in total. The molecule has 0 fully saturated rings. The van der Waals surface area contributed by atoms with Gasteiger partial charge in [-0.2, -0.15) is 0 Å². The van der Waals surface area contributed by atoms with Gasteiger partial charge in [-0.3, -0.25) is 0 Å². The van der Waals surface area contributed by atoms with Gasteiger partial charge in [0.15, 0.2) is 0 Å². The van der Waals surface area contributed by atoms with E-state index in [4.69, 9.17) is 0 Å². The molecule has 0 aliphatic carbocycles. The Balaban J connectivity index is 1.30. The summed E-state index contributed by atoms with van der Waals surface area (Å²) in [5.41, 5.74) is 15.3. The van der Waals surface area contributed by atoms with Crippen LogP contribution in [0.5, 0.6) is 0 Å². The lowest BCUT2D eigenvalue weighted by Crippen LogP contribution is -2.12. The highest BCUT2D eigenvalue weighted by atomic mass is 15.1. The van der Waals surface area contributed by atoms with Gasteiger partial charge in [0.25, 0.3) is 0 Å². The van der Waals surface area contributed by atoms with Gasteiger partial charge in [-0.1, -0.05) is 188 Å². The lowest BCUT2D eigenvalue weighted by molar-refractivity contribution is 1.28. The summed E-state index contributed by atoms with van der Waals surface area (Å²) < 4.78 is 0. The van der Waals surface area contributed by atoms with Crippen LogP contribution >= 0.6 is 0 Å². The molecule has 8 rings (SSSR count). The van der Waals surface area contributed by atoms with Crippen LogP contribution in [0.3, 0.4) is 0 Å². The van der Waals surface area contributed by atoms with Crippen molar-refractivity contribution in [3.8, 4) is 55.6 Å². The number of para-hydroxylation sites is 3. The minimum Gasteiger partial charge on any atom is -0.309 e. The second-order valence-electron chi connectivity index (χ2n) is 12.1. The summed E-state index contributed by atoms with van der Waals surface area (Å²) in [4.78, 5) is 2.41. The third-order valence-electron chi connectivity index (χ3n) is 9.13. The molecule has 49 heavy (non-hydrogen) atoms. The fourth-order valence-corrected chi connectivity index (χ4v) is 6.81. The van der Waals surface area contributed by atoms with Crippen LogP contribution < -0.4 is 4.90 Å². The first-order valence-electron chi connectivity index (χ1n) is 16.8. The Bertz CT molecular complexity index is 2310. The Morgan fingerprint density at radius 2 is 0.531 bits per heavy atom. The lowest BCUT2D eigenvalue weighted by atomic mass is 9.88. The molecule has 0 aromatic heterocycles. The van der Waals surface area contributed by atoms with E-state index in [1.54, 1.807) is 0 Å². The molecule has 0 heterocycles. The van der Waals surface area contributed by atoms with Crippen LogP contribution in [0.25, 0.3) is 55.6 Å². The minimum absolute atomic E-state index is 1.10. The summed E-state index contributed by atoms with van der Waals surface area (Å²) >= 11 is 0. The van der Waals surface area contributed by atoms with Crippen LogP contribution in [-0.4, -0.2) is 0 Å². The molecule has 0 amide bonds. The van der Waals surface area contributed by atoms with Crippen LogP contribution in [0.4, 0.5) is 17.1 Å². The topological polar surface area (TPSA) is 3.24 Å². The Kier molecular flexibility index (Phi) is 8.39. The summed E-state index contributed by atoms with van der Waals surface area (Å²) in [5, 5.41) is 0. The molecule has 1 heteroatoms. The van der Waals surface area contributed by atoms with E-state index >= 15 is 0 Å². The van der Waals surface area contributed by atoms with E-state index in [-0.39, 0.29) is 0 Å². The molecule has 0 aliphatic heterocycles. The Morgan fingerprint density at radius 3 is 1.12 bits per heavy atom. The van der Waals surface area contributed by atoms with Gasteiger partial charge in [-0.05, 0) is 68.8 Å². The molecule has 0 aliphatic rings. The van der Waals surface area contributed by atoms with Gasteiger partial charge in [0, 0.05) is 16.8 Å². The Labute approximate surface area is 289 Å². The van der Waals surface area contributed by atoms with Crippen molar-refractivity contribution in [2.45, 2.75) is 0 Å². The van der Waals surface area contributed by atoms with Crippen molar-refractivity contribution in [2.24, 2.45) is 0 Å². The van der Waals surface area contributed by atoms with E-state index in [2.05, 4.69) is 217 Å². The minimum atomic E-state index is 1.10. The van der Waals surface area contributed by atoms with Crippen molar-refractivity contribution < 1.29 is 0 Å². The standard InChI is InChI=1S/C48H35N/c1-4-18-36(19-5-1)37-32-34-39(35-33-37)42-25-14-16-30-47(42)49(40-22-8-3-9-23-40)48-31-17-15-29-46(48)45-28-13-12-27-44(45)43-26-11-10-24-41(43)38-20-6-2-7-21-38/h1-35H. The van der Waals surface area contributed by atoms with Crippen LogP contribution in [0.15, 0.2) is 212 Å². The number of rotatable bonds is 8. The van der Waals surface area contributed by atoms with Gasteiger partial charge < -0.3 is 4.90 Å². The molecule has 0 N–H and O–H groups in total. The molecule has 0 radical (unpaired) electrons. The average molecular weight is 626 g/mol. The largest absolute Gasteiger partial charge is 0.309 e. The molecular formula is C48H35N. The maximum absolute atomic E-state index is 2.41. The quantitative estimate of drug-likeness (QED) is 0.162. The zero-order valence-corrected chi connectivity index (χ0v) is 27.2. The van der Waals surface area contributed by atoms with Gasteiger partial charge in [0.1, 0.15) is 0 Å². The predicted molar refractivity (Wildman–Crippen MR) is 208 cm³/mol. The second kappa shape index (κ2) is 13.7. The summed E-state index contributed by atoms with van der Waals surface area (Å²) in [6.45, 7) is 0. The van der Waals surface area contributed by atoms with Gasteiger partial charge >= 0.3 is 0 Å². The third kappa shape index (κ3) is 6.06. The Morgan fingerprint density at radius 1 is 0.204 bits per heavy atom. The van der Waals surface area contributed by atoms with E-state index in [9.17, 15) is 0 Å². The third-order valence-corrected chi connectivity index (χ3v) is 9.13. The zero-order chi connectivity index (χ0) is 32.8. The monoisotopic (exact) mass is 625 g/mol. The first kappa shape index (κ1) is 29.9. The summed E-state index contributed by atoms with van der Waals surface area (Å²) in [6.07, 6.45) is 0. The van der Waals surface area contributed by atoms with E-state index in [0.717, 1.165) is 17.1 Å². The van der Waals surface area contributed by atoms with E-state index in [1.165, 1.54) is 55.6 Å². The fraction of sp³-hybridized carbons (Fsp3) is 0. The molecule has 232 valence electrons. The van der Waals surface area contributed by atoms with Crippen LogP contribution in [0.1, 0.15) is 0 Å². The van der Waals surface area contributed by atoms with Gasteiger partial charge in [0.05, 0.1) is 11.4 Å². The molecule has 0 unspecified atom stereocenters. The van der Waals surface area contributed by atoms with E-state index in [1.807, 2.05) is 0 Å². The van der Waals surface area contributed by atoms with Crippen LogP contribution in [-0.2, 0) is 0 Å². The molecule has 8 aromatic carbocycles. The second-order valence-corrected chi connectivity index (χ2v) is 12.1. The molecule has 0 bridgehead atoms. The highest BCUT2D eigenvalue weighted by Crippen LogP contribution is 2.47. The van der Waals surface area contributed by atoms with Crippen molar-refractivity contribution in [2.75, 3.05) is 4.90 Å². The molecular weight excluding hydrogens is 591 g/mol. The summed E-state index contributed by atoms with van der Waals surface area (Å²) in [7, 11) is 0. The number of nitrogens with zero attached hydrogens (tertiary/aromatic N) is 1. The number of benzene rings is 8. The highest BCUT2D eigenvalue weighted by molar-refractivity contribution is 5.98.